The van der Waals surface area contributed by atoms with Crippen LogP contribution in [0.15, 0.2) is 437 Å². The summed E-state index contributed by atoms with van der Waals surface area (Å²) in [4.78, 5) is 0. The Morgan fingerprint density at radius 2 is 0.273 bits per heavy atom. The van der Waals surface area contributed by atoms with Crippen molar-refractivity contribution in [3.05, 3.63) is 437 Å². The third kappa shape index (κ3) is 18.5. The van der Waals surface area contributed by atoms with Crippen LogP contribution in [0.2, 0.25) is 0 Å². The summed E-state index contributed by atoms with van der Waals surface area (Å²) in [6.45, 7) is 36.0. The molecule has 0 aliphatic rings. The van der Waals surface area contributed by atoms with Gasteiger partial charge in [-0.05, 0) is 259 Å². The van der Waals surface area contributed by atoms with Gasteiger partial charge in [-0.25, -0.2) is 0 Å². The second kappa shape index (κ2) is 45.9. The first kappa shape index (κ1) is 94.8. The third-order valence-corrected chi connectivity index (χ3v) is 24.0. The van der Waals surface area contributed by atoms with Crippen LogP contribution in [-0.4, -0.2) is 0 Å². The van der Waals surface area contributed by atoms with Crippen molar-refractivity contribution in [1.29, 1.82) is 0 Å². The molecule has 0 saturated heterocycles. The molecular weight excluding hydrogens is 1590 g/mol. The van der Waals surface area contributed by atoms with Crippen molar-refractivity contribution in [2.24, 2.45) is 0 Å². The van der Waals surface area contributed by atoms with Gasteiger partial charge < -0.3 is 0 Å². The predicted molar refractivity (Wildman–Crippen MR) is 597 cm³/mol. The Bertz CT molecular complexity index is 7860. The molecule has 0 heterocycles. The van der Waals surface area contributed by atoms with Gasteiger partial charge in [0.25, 0.3) is 0 Å². The maximum atomic E-state index is 2.39. The summed E-state index contributed by atoms with van der Waals surface area (Å²) in [5.74, 6) is 0. The quantitative estimate of drug-likeness (QED) is 0.115. The average molecular weight is 1710 g/mol. The molecule has 0 amide bonds. The van der Waals surface area contributed by atoms with Gasteiger partial charge in [-0.15, -0.1) is 0 Å². The second-order valence-electron chi connectivity index (χ2n) is 30.3. The summed E-state index contributed by atoms with van der Waals surface area (Å²) < 4.78 is 0. The van der Waals surface area contributed by atoms with Gasteiger partial charge in [0, 0.05) is 0 Å². The maximum absolute atomic E-state index is 2.39. The Morgan fingerprint density at radius 3 is 0.598 bits per heavy atom. The zero-order valence-corrected chi connectivity index (χ0v) is 80.6. The summed E-state index contributed by atoms with van der Waals surface area (Å²) in [5, 5.41) is 38.5. The maximum Gasteiger partial charge on any atom is -0.00199 e. The van der Waals surface area contributed by atoms with E-state index in [-0.39, 0.29) is 0 Å². The summed E-state index contributed by atoms with van der Waals surface area (Å²) in [6, 6.07) is 160. The Balaban J connectivity index is 0.000000155. The van der Waals surface area contributed by atoms with Crippen LogP contribution < -0.4 is 0 Å². The fourth-order valence-electron chi connectivity index (χ4n) is 19.0. The van der Waals surface area contributed by atoms with E-state index in [9.17, 15) is 0 Å². The molecule has 24 aromatic carbocycles. The number of hydrogen-bond donors (Lipinski definition) is 0. The lowest BCUT2D eigenvalue weighted by Crippen LogP contribution is -1.92. The molecule has 24 aromatic rings. The zero-order valence-electron chi connectivity index (χ0n) is 80.6. The Labute approximate surface area is 784 Å². The molecule has 0 bridgehead atoms. The van der Waals surface area contributed by atoms with Crippen LogP contribution in [0, 0.1) is 0 Å². The highest BCUT2D eigenvalue weighted by Gasteiger charge is 2.24. The molecule has 0 aromatic heterocycles. The van der Waals surface area contributed by atoms with Crippen molar-refractivity contribution in [3.8, 4) is 66.8 Å². The fraction of sp³-hybridized carbons (Fsp3) is 0.136. The minimum Gasteiger partial charge on any atom is -0.0683 e. The first-order chi connectivity index (χ1) is 65.6. The molecule has 0 N–H and O–H groups in total. The van der Waals surface area contributed by atoms with Gasteiger partial charge in [0.2, 0.25) is 0 Å². The van der Waals surface area contributed by atoms with Crippen LogP contribution in [0.1, 0.15) is 125 Å². The van der Waals surface area contributed by atoms with Gasteiger partial charge in [0.05, 0.1) is 0 Å². The van der Waals surface area contributed by atoms with E-state index in [1.807, 2.05) is 125 Å². The molecule has 0 saturated carbocycles. The Hall–Kier alpha value is -14.8. The van der Waals surface area contributed by atoms with E-state index in [1.165, 1.54) is 228 Å². The molecule has 0 atom stereocenters. The molecule has 24 rings (SSSR count). The molecule has 132 heavy (non-hydrogen) atoms. The fourth-order valence-corrected chi connectivity index (χ4v) is 19.0. The number of rotatable bonds is 6. The van der Waals surface area contributed by atoms with E-state index in [4.69, 9.17) is 0 Å². The Kier molecular flexibility index (Phi) is 33.0. The van der Waals surface area contributed by atoms with Crippen molar-refractivity contribution in [2.45, 2.75) is 125 Å². The highest BCUT2D eigenvalue weighted by molar-refractivity contribution is 6.30. The number of hydrogen-bond acceptors (Lipinski definition) is 0. The average Bonchev–Trinajstić information content (AvgIpc) is 0.725. The lowest BCUT2D eigenvalue weighted by atomic mass is 9.83. The SMILES string of the molecule is CC.CC.CC.CC.CC.CC.CC.CC.CC.c1ccc2c(-c3c4ccccc4c(-c4cc5ccccc5c5ccccc45)c4ccccc34)cccc2c1.c1ccc2cc(-c3c4ccccc4c(-c4cc5ccccc5c5ccccc45)c4ccccc34)ccc2c1.c1ccc2cc(-c3c4ccccc4c(-c4ccc5c(ccc6ccccc65)c4)c4ccccc34)ccc2c1. The molecule has 0 aliphatic heterocycles. The summed E-state index contributed by atoms with van der Waals surface area (Å²) in [5.41, 5.74) is 15.5. The Morgan fingerprint density at radius 1 is 0.0909 bits per heavy atom. The van der Waals surface area contributed by atoms with Crippen LogP contribution in [0.5, 0.6) is 0 Å². The van der Waals surface area contributed by atoms with E-state index in [2.05, 4.69) is 437 Å². The molecule has 0 unspecified atom stereocenters. The standard InChI is InChI=1S/3C38H24.9C2H6/c1-3-15-27-25(12-1)14-11-23-31(27)37-32-19-7-9-21-34(32)38(35-22-10-8-20-33(35)37)36-24-26-13-2-4-16-28(26)29-17-5-6-18-30(29)36;1-2-11-27-23-29(20-17-25(27)9-1)37-33-13-5-7-15-35(33)38(36-16-8-6-14-34(36)37)30-21-22-32-28(24-30)19-18-26-10-3-4-12-31(26)32;1-2-12-26-23-28(22-21-25(26)11-1)37-32-17-7-9-19-34(32)38(35-20-10-8-18-33(35)37)36-24-27-13-3-4-14-29(27)30-15-5-6-16-31(30)36;9*1-2/h3*1-24H;9*1-2H3. The van der Waals surface area contributed by atoms with Crippen LogP contribution in [0.4, 0.5) is 0 Å². The topological polar surface area (TPSA) is 0 Å². The highest BCUT2D eigenvalue weighted by atomic mass is 14.3. The van der Waals surface area contributed by atoms with E-state index >= 15 is 0 Å². The second-order valence-corrected chi connectivity index (χ2v) is 30.3. The van der Waals surface area contributed by atoms with Gasteiger partial charge in [-0.3, -0.25) is 0 Å². The molecule has 0 fully saturated rings. The largest absolute Gasteiger partial charge is 0.0683 e. The van der Waals surface area contributed by atoms with Crippen LogP contribution in [-0.2, 0) is 0 Å². The van der Waals surface area contributed by atoms with Gasteiger partial charge in [-0.2, -0.15) is 0 Å². The molecule has 0 nitrogen and oxygen atoms in total. The van der Waals surface area contributed by atoms with Gasteiger partial charge in [0.1, 0.15) is 0 Å². The zero-order chi connectivity index (χ0) is 93.2. The molecule has 0 spiro atoms. The molecular formula is C132H126. The summed E-state index contributed by atoms with van der Waals surface area (Å²) >= 11 is 0. The predicted octanol–water partition coefficient (Wildman–Crippen LogP) is 41.6. The molecule has 0 aliphatic carbocycles. The van der Waals surface area contributed by atoms with Crippen molar-refractivity contribution in [1.82, 2.24) is 0 Å². The molecule has 0 heteroatoms. The van der Waals surface area contributed by atoms with E-state index in [0.29, 0.717) is 0 Å². The minimum atomic E-state index is 1.25. The van der Waals surface area contributed by atoms with Crippen molar-refractivity contribution in [2.75, 3.05) is 0 Å². The molecule has 654 valence electrons. The smallest absolute Gasteiger partial charge is 0.00199 e. The van der Waals surface area contributed by atoms with Crippen molar-refractivity contribution < 1.29 is 0 Å². The summed E-state index contributed by atoms with van der Waals surface area (Å²) in [7, 11) is 0. The lowest BCUT2D eigenvalue weighted by Gasteiger charge is -2.20. The summed E-state index contributed by atoms with van der Waals surface area (Å²) in [6.07, 6.45) is 0. The monoisotopic (exact) mass is 1710 g/mol. The lowest BCUT2D eigenvalue weighted by molar-refractivity contribution is 1.50. The first-order valence-corrected chi connectivity index (χ1v) is 48.6. The van der Waals surface area contributed by atoms with Gasteiger partial charge in [-0.1, -0.05) is 531 Å². The highest BCUT2D eigenvalue weighted by Crippen LogP contribution is 2.51. The number of fused-ring (bicyclic) bond motifs is 18. The van der Waals surface area contributed by atoms with E-state index < -0.39 is 0 Å². The van der Waals surface area contributed by atoms with E-state index in [1.54, 1.807) is 0 Å². The van der Waals surface area contributed by atoms with E-state index in [0.717, 1.165) is 0 Å². The first-order valence-electron chi connectivity index (χ1n) is 48.6. The van der Waals surface area contributed by atoms with Crippen LogP contribution >= 0.6 is 0 Å². The van der Waals surface area contributed by atoms with Gasteiger partial charge >= 0.3 is 0 Å². The van der Waals surface area contributed by atoms with Crippen molar-refractivity contribution >= 4 is 162 Å². The normalized spacial score (nSPS) is 10.5. The minimum absolute atomic E-state index is 1.25. The van der Waals surface area contributed by atoms with Crippen LogP contribution in [0.25, 0.3) is 228 Å². The third-order valence-electron chi connectivity index (χ3n) is 24.0. The number of benzene rings is 24. The van der Waals surface area contributed by atoms with Gasteiger partial charge in [0.15, 0.2) is 0 Å². The van der Waals surface area contributed by atoms with Crippen molar-refractivity contribution in [3.63, 3.8) is 0 Å². The van der Waals surface area contributed by atoms with Crippen LogP contribution in [0.3, 0.4) is 0 Å². The molecule has 0 radical (unpaired) electrons.